The molecule has 5 nitrogen and oxygen atoms in total. The molecule has 1 aromatic carbocycles. The van der Waals surface area contributed by atoms with Gasteiger partial charge in [0, 0.05) is 19.1 Å². The van der Waals surface area contributed by atoms with Gasteiger partial charge in [-0.1, -0.05) is 13.8 Å². The molecular weight excluding hydrogens is 300 g/mol. The Bertz CT molecular complexity index is 668. The van der Waals surface area contributed by atoms with Crippen molar-refractivity contribution in [3.63, 3.8) is 0 Å². The van der Waals surface area contributed by atoms with E-state index >= 15 is 0 Å². The van der Waals surface area contributed by atoms with Gasteiger partial charge in [0.05, 0.1) is 12.0 Å². The Kier molecular flexibility index (Phi) is 4.57. The predicted molar refractivity (Wildman–Crippen MR) is 87.6 cm³/mol. The normalized spacial score (nSPS) is 22.5. The number of hydrogen-bond donors (Lipinski definition) is 1. The van der Waals surface area contributed by atoms with Crippen LogP contribution in [0.2, 0.25) is 0 Å². The first-order chi connectivity index (χ1) is 10.1. The fourth-order valence-electron chi connectivity index (χ4n) is 2.93. The van der Waals surface area contributed by atoms with E-state index in [1.807, 2.05) is 20.8 Å². The second-order valence-corrected chi connectivity index (χ2v) is 8.72. The Morgan fingerprint density at radius 1 is 1.27 bits per heavy atom. The molecule has 1 heterocycles. The number of sulfonamides is 1. The van der Waals surface area contributed by atoms with Crippen LogP contribution in [-0.4, -0.2) is 39.0 Å². The maximum absolute atomic E-state index is 13.0. The molecule has 0 radical (unpaired) electrons. The highest BCUT2D eigenvalue weighted by Gasteiger charge is 2.39. The summed E-state index contributed by atoms with van der Waals surface area (Å²) in [6, 6.07) is 3.51. The second kappa shape index (κ2) is 5.83. The SMILES string of the molecule is COc1cc(C)c(S(=O)(=O)N2CCC(N)C(C)(C)C2)cc1C. The zero-order valence-electron chi connectivity index (χ0n) is 14.0. The largest absolute Gasteiger partial charge is 0.496 e. The Balaban J connectivity index is 2.41. The zero-order valence-corrected chi connectivity index (χ0v) is 14.8. The first-order valence-corrected chi connectivity index (χ1v) is 8.94. The molecular formula is C16H26N2O3S. The van der Waals surface area contributed by atoms with Gasteiger partial charge < -0.3 is 10.5 Å². The number of piperidine rings is 1. The van der Waals surface area contributed by atoms with Gasteiger partial charge in [0.15, 0.2) is 0 Å². The van der Waals surface area contributed by atoms with Crippen LogP contribution in [0.4, 0.5) is 0 Å². The lowest BCUT2D eigenvalue weighted by atomic mass is 9.81. The van der Waals surface area contributed by atoms with Crippen LogP contribution in [0.25, 0.3) is 0 Å². The number of nitrogens with two attached hydrogens (primary N) is 1. The topological polar surface area (TPSA) is 72.6 Å². The number of methoxy groups -OCH3 is 1. The van der Waals surface area contributed by atoms with E-state index in [0.29, 0.717) is 35.7 Å². The van der Waals surface area contributed by atoms with Crippen molar-refractivity contribution in [2.24, 2.45) is 11.1 Å². The lowest BCUT2D eigenvalue weighted by molar-refractivity contribution is 0.155. The van der Waals surface area contributed by atoms with Crippen LogP contribution in [0.1, 0.15) is 31.4 Å². The molecule has 0 saturated carbocycles. The minimum absolute atomic E-state index is 0.0256. The smallest absolute Gasteiger partial charge is 0.243 e. The molecule has 2 rings (SSSR count). The average Bonchev–Trinajstić information content (AvgIpc) is 2.43. The summed E-state index contributed by atoms with van der Waals surface area (Å²) in [7, 11) is -1.92. The van der Waals surface area contributed by atoms with Crippen molar-refractivity contribution in [3.8, 4) is 5.75 Å². The molecule has 1 fully saturated rings. The summed E-state index contributed by atoms with van der Waals surface area (Å²) in [5.74, 6) is 0.706. The van der Waals surface area contributed by atoms with E-state index in [2.05, 4.69) is 0 Å². The fraction of sp³-hybridized carbons (Fsp3) is 0.625. The number of rotatable bonds is 3. The molecule has 0 amide bonds. The van der Waals surface area contributed by atoms with Gasteiger partial charge >= 0.3 is 0 Å². The first kappa shape index (κ1) is 17.2. The summed E-state index contributed by atoms with van der Waals surface area (Å²) in [6.45, 7) is 8.61. The summed E-state index contributed by atoms with van der Waals surface area (Å²) in [4.78, 5) is 0.358. The van der Waals surface area contributed by atoms with Crippen LogP contribution in [-0.2, 0) is 10.0 Å². The number of nitrogens with zero attached hydrogens (tertiary/aromatic N) is 1. The van der Waals surface area contributed by atoms with Gasteiger partial charge in [0.25, 0.3) is 0 Å². The van der Waals surface area contributed by atoms with Gasteiger partial charge in [-0.25, -0.2) is 8.42 Å². The number of aryl methyl sites for hydroxylation is 2. The molecule has 0 bridgehead atoms. The molecule has 1 atom stereocenters. The van der Waals surface area contributed by atoms with Gasteiger partial charge in [0.2, 0.25) is 10.0 Å². The molecule has 1 aromatic rings. The highest BCUT2D eigenvalue weighted by Crippen LogP contribution is 2.33. The summed E-state index contributed by atoms with van der Waals surface area (Å²) in [5.41, 5.74) is 7.41. The van der Waals surface area contributed by atoms with Gasteiger partial charge in [0.1, 0.15) is 5.75 Å². The summed E-state index contributed by atoms with van der Waals surface area (Å²) in [5, 5.41) is 0. The van der Waals surface area contributed by atoms with Gasteiger partial charge in [-0.15, -0.1) is 0 Å². The molecule has 1 unspecified atom stereocenters. The van der Waals surface area contributed by atoms with E-state index in [0.717, 1.165) is 5.56 Å². The van der Waals surface area contributed by atoms with Crippen molar-refractivity contribution in [3.05, 3.63) is 23.3 Å². The highest BCUT2D eigenvalue weighted by atomic mass is 32.2. The molecule has 1 aliphatic heterocycles. The predicted octanol–water partition coefficient (Wildman–Crippen LogP) is 2.06. The van der Waals surface area contributed by atoms with Crippen molar-refractivity contribution in [1.29, 1.82) is 0 Å². The van der Waals surface area contributed by atoms with E-state index in [4.69, 9.17) is 10.5 Å². The van der Waals surface area contributed by atoms with Crippen LogP contribution in [0, 0.1) is 19.3 Å². The minimum Gasteiger partial charge on any atom is -0.496 e. The molecule has 6 heteroatoms. The number of benzene rings is 1. The third kappa shape index (κ3) is 3.00. The number of ether oxygens (including phenoxy) is 1. The summed E-state index contributed by atoms with van der Waals surface area (Å²) >= 11 is 0. The Morgan fingerprint density at radius 2 is 1.91 bits per heavy atom. The third-order valence-electron chi connectivity index (χ3n) is 4.59. The second-order valence-electron chi connectivity index (χ2n) is 6.81. The van der Waals surface area contributed by atoms with E-state index in [9.17, 15) is 8.42 Å². The monoisotopic (exact) mass is 326 g/mol. The van der Waals surface area contributed by atoms with Crippen molar-refractivity contribution < 1.29 is 13.2 Å². The van der Waals surface area contributed by atoms with E-state index in [1.54, 1.807) is 30.5 Å². The van der Waals surface area contributed by atoms with E-state index in [1.165, 1.54) is 0 Å². The third-order valence-corrected chi connectivity index (χ3v) is 6.57. The molecule has 0 spiro atoms. The maximum atomic E-state index is 13.0. The lowest BCUT2D eigenvalue weighted by Crippen LogP contribution is -2.53. The molecule has 2 N–H and O–H groups in total. The molecule has 1 saturated heterocycles. The van der Waals surface area contributed by atoms with Gasteiger partial charge in [-0.2, -0.15) is 4.31 Å². The maximum Gasteiger partial charge on any atom is 0.243 e. The zero-order chi connectivity index (χ0) is 16.7. The van der Waals surface area contributed by atoms with Crippen molar-refractivity contribution in [1.82, 2.24) is 4.31 Å². The van der Waals surface area contributed by atoms with Crippen LogP contribution in [0.5, 0.6) is 5.75 Å². The van der Waals surface area contributed by atoms with E-state index < -0.39 is 10.0 Å². The quantitative estimate of drug-likeness (QED) is 0.923. The van der Waals surface area contributed by atoms with Crippen molar-refractivity contribution >= 4 is 10.0 Å². The van der Waals surface area contributed by atoms with Gasteiger partial charge in [-0.05, 0) is 48.9 Å². The Hall–Kier alpha value is -1.11. The van der Waals surface area contributed by atoms with Crippen LogP contribution in [0.15, 0.2) is 17.0 Å². The summed E-state index contributed by atoms with van der Waals surface area (Å²) in [6.07, 6.45) is 0.681. The summed E-state index contributed by atoms with van der Waals surface area (Å²) < 4.78 is 32.8. The fourth-order valence-corrected chi connectivity index (χ4v) is 4.85. The number of hydrogen-bond acceptors (Lipinski definition) is 4. The molecule has 22 heavy (non-hydrogen) atoms. The standard InChI is InChI=1S/C16H26N2O3S/c1-11-9-14(12(2)8-13(11)21-5)22(19,20)18-7-6-15(17)16(3,4)10-18/h8-9,15H,6-7,10,17H2,1-5H3. The van der Waals surface area contributed by atoms with Gasteiger partial charge in [-0.3, -0.25) is 0 Å². The average molecular weight is 326 g/mol. The molecule has 1 aliphatic rings. The Morgan fingerprint density at radius 3 is 2.45 bits per heavy atom. The van der Waals surface area contributed by atoms with Crippen LogP contribution in [0.3, 0.4) is 0 Å². The molecule has 0 aromatic heterocycles. The molecule has 124 valence electrons. The van der Waals surface area contributed by atoms with Crippen molar-refractivity contribution in [2.75, 3.05) is 20.2 Å². The van der Waals surface area contributed by atoms with Crippen LogP contribution >= 0.6 is 0 Å². The minimum atomic E-state index is -3.51. The highest BCUT2D eigenvalue weighted by molar-refractivity contribution is 7.89. The molecule has 0 aliphatic carbocycles. The Labute approximate surface area is 133 Å². The van der Waals surface area contributed by atoms with E-state index in [-0.39, 0.29) is 11.5 Å². The lowest BCUT2D eigenvalue weighted by Gasteiger charge is -2.42. The first-order valence-electron chi connectivity index (χ1n) is 7.50. The van der Waals surface area contributed by atoms with Crippen molar-refractivity contribution in [2.45, 2.75) is 45.1 Å². The van der Waals surface area contributed by atoms with Crippen LogP contribution < -0.4 is 10.5 Å².